The first-order chi connectivity index (χ1) is 9.67. The molecule has 0 saturated heterocycles. The van der Waals surface area contributed by atoms with Crippen molar-refractivity contribution in [1.29, 1.82) is 0 Å². The fraction of sp³-hybridized carbons (Fsp3) is 0.286. The van der Waals surface area contributed by atoms with Crippen LogP contribution >= 0.6 is 11.3 Å². The van der Waals surface area contributed by atoms with Crippen LogP contribution in [-0.2, 0) is 12.8 Å². The zero-order valence-corrected chi connectivity index (χ0v) is 11.9. The van der Waals surface area contributed by atoms with Crippen LogP contribution in [0.1, 0.15) is 27.3 Å². The summed E-state index contributed by atoms with van der Waals surface area (Å²) in [4.78, 5) is 17.9. The zero-order chi connectivity index (χ0) is 14.1. The summed E-state index contributed by atoms with van der Waals surface area (Å²) < 4.78 is 5.12. The Morgan fingerprint density at radius 1 is 1.45 bits per heavy atom. The Balaban J connectivity index is 1.78. The summed E-state index contributed by atoms with van der Waals surface area (Å²) in [7, 11) is 1.53. The number of thiazole rings is 1. The fourth-order valence-electron chi connectivity index (χ4n) is 2.27. The predicted octanol–water partition coefficient (Wildman–Crippen LogP) is 2.47. The van der Waals surface area contributed by atoms with E-state index in [9.17, 15) is 4.79 Å². The number of carbonyl (C=O) groups excluding carboxylic acids is 1. The number of nitrogens with zero attached hydrogens (tertiary/aromatic N) is 1. The highest BCUT2D eigenvalue weighted by atomic mass is 32.1. The van der Waals surface area contributed by atoms with E-state index in [0.717, 1.165) is 25.0 Å². The number of hydrogen-bond acceptors (Lipinski definition) is 5. The topological polar surface area (TPSA) is 77.2 Å². The molecule has 1 amide bonds. The number of benzene rings is 1. The minimum Gasteiger partial charge on any atom is -0.495 e. The molecule has 20 heavy (non-hydrogen) atoms. The molecule has 0 spiro atoms. The van der Waals surface area contributed by atoms with Gasteiger partial charge in [-0.3, -0.25) is 10.1 Å². The Bertz CT molecular complexity index is 645. The number of nitrogens with two attached hydrogens (primary N) is 1. The lowest BCUT2D eigenvalue weighted by atomic mass is 10.2. The van der Waals surface area contributed by atoms with Crippen LogP contribution in [0.3, 0.4) is 0 Å². The van der Waals surface area contributed by atoms with Crippen LogP contribution < -0.4 is 15.8 Å². The van der Waals surface area contributed by atoms with Crippen LogP contribution in [0.2, 0.25) is 0 Å². The number of hydrogen-bond donors (Lipinski definition) is 2. The summed E-state index contributed by atoms with van der Waals surface area (Å²) in [5, 5.41) is 3.49. The second kappa shape index (κ2) is 5.13. The number of rotatable bonds is 3. The fourth-order valence-corrected chi connectivity index (χ4v) is 3.31. The molecular weight excluding hydrogens is 274 g/mol. The number of amides is 1. The summed E-state index contributed by atoms with van der Waals surface area (Å²) in [5.41, 5.74) is 7.88. The average molecular weight is 289 g/mol. The Labute approximate surface area is 120 Å². The molecule has 5 nitrogen and oxygen atoms in total. The third-order valence-corrected chi connectivity index (χ3v) is 4.38. The van der Waals surface area contributed by atoms with Gasteiger partial charge in [-0.2, -0.15) is 0 Å². The lowest BCUT2D eigenvalue weighted by Gasteiger charge is -2.07. The summed E-state index contributed by atoms with van der Waals surface area (Å²) in [6.07, 6.45) is 3.24. The smallest absolute Gasteiger partial charge is 0.257 e. The first-order valence-electron chi connectivity index (χ1n) is 6.41. The van der Waals surface area contributed by atoms with Gasteiger partial charge in [0.2, 0.25) is 0 Å². The monoisotopic (exact) mass is 289 g/mol. The molecular formula is C14H15N3O2S. The van der Waals surface area contributed by atoms with Gasteiger partial charge in [-0.15, -0.1) is 11.3 Å². The third-order valence-electron chi connectivity index (χ3n) is 3.31. The van der Waals surface area contributed by atoms with Crippen molar-refractivity contribution in [2.75, 3.05) is 18.2 Å². The Morgan fingerprint density at radius 3 is 3.05 bits per heavy atom. The normalized spacial score (nSPS) is 13.1. The van der Waals surface area contributed by atoms with Crippen molar-refractivity contribution < 1.29 is 9.53 Å². The molecule has 1 aromatic carbocycles. The highest BCUT2D eigenvalue weighted by molar-refractivity contribution is 7.15. The lowest BCUT2D eigenvalue weighted by Crippen LogP contribution is -2.12. The molecule has 0 fully saturated rings. The number of aromatic nitrogens is 1. The van der Waals surface area contributed by atoms with E-state index in [1.807, 2.05) is 0 Å². The Kier molecular flexibility index (Phi) is 3.31. The Hall–Kier alpha value is -2.08. The highest BCUT2D eigenvalue weighted by Gasteiger charge is 2.18. The van der Waals surface area contributed by atoms with Gasteiger partial charge in [0.05, 0.1) is 18.5 Å². The quantitative estimate of drug-likeness (QED) is 0.851. The number of anilines is 2. The number of methoxy groups -OCH3 is 1. The van der Waals surface area contributed by atoms with Crippen LogP contribution in [0.25, 0.3) is 0 Å². The van der Waals surface area contributed by atoms with E-state index in [4.69, 9.17) is 10.5 Å². The maximum absolute atomic E-state index is 12.2. The van der Waals surface area contributed by atoms with E-state index < -0.39 is 0 Å². The van der Waals surface area contributed by atoms with Gasteiger partial charge in [0, 0.05) is 10.4 Å². The van der Waals surface area contributed by atoms with Gasteiger partial charge in [0.25, 0.3) is 5.91 Å². The van der Waals surface area contributed by atoms with Crippen molar-refractivity contribution in [3.63, 3.8) is 0 Å². The van der Waals surface area contributed by atoms with E-state index in [0.29, 0.717) is 22.1 Å². The first kappa shape index (κ1) is 12.9. The van der Waals surface area contributed by atoms with Crippen molar-refractivity contribution in [2.24, 2.45) is 0 Å². The van der Waals surface area contributed by atoms with Gasteiger partial charge in [-0.1, -0.05) is 0 Å². The molecule has 2 aromatic rings. The maximum atomic E-state index is 12.2. The van der Waals surface area contributed by atoms with E-state index in [2.05, 4.69) is 10.3 Å². The molecule has 0 atom stereocenters. The predicted molar refractivity (Wildman–Crippen MR) is 79.5 cm³/mol. The third kappa shape index (κ3) is 2.34. The van der Waals surface area contributed by atoms with Crippen LogP contribution in [0, 0.1) is 0 Å². The molecule has 0 bridgehead atoms. The van der Waals surface area contributed by atoms with Crippen molar-refractivity contribution in [2.45, 2.75) is 19.3 Å². The lowest BCUT2D eigenvalue weighted by molar-refractivity contribution is 0.102. The summed E-state index contributed by atoms with van der Waals surface area (Å²) in [6.45, 7) is 0. The Morgan fingerprint density at radius 2 is 2.30 bits per heavy atom. The number of nitrogen functional groups attached to an aromatic ring is 1. The summed E-state index contributed by atoms with van der Waals surface area (Å²) in [5.74, 6) is 0.301. The minimum absolute atomic E-state index is 0.198. The van der Waals surface area contributed by atoms with Gasteiger partial charge in [-0.25, -0.2) is 4.98 Å². The van der Waals surface area contributed by atoms with Crippen molar-refractivity contribution >= 4 is 28.1 Å². The van der Waals surface area contributed by atoms with Gasteiger partial charge >= 0.3 is 0 Å². The van der Waals surface area contributed by atoms with E-state index in [-0.39, 0.29) is 5.91 Å². The second-order valence-electron chi connectivity index (χ2n) is 4.65. The molecule has 0 unspecified atom stereocenters. The molecule has 6 heteroatoms. The highest BCUT2D eigenvalue weighted by Crippen LogP contribution is 2.31. The number of carbonyl (C=O) groups is 1. The number of ether oxygens (including phenoxy) is 1. The molecule has 1 aliphatic carbocycles. The standard InChI is InChI=1S/C14H15N3O2S/c1-19-11-7-8(5-6-9(11)15)13(18)17-14-16-10-3-2-4-12(10)20-14/h5-7H,2-4,15H2,1H3,(H,16,17,18). The van der Waals surface area contributed by atoms with Gasteiger partial charge in [-0.05, 0) is 37.5 Å². The van der Waals surface area contributed by atoms with Crippen molar-refractivity contribution in [3.8, 4) is 5.75 Å². The van der Waals surface area contributed by atoms with Crippen molar-refractivity contribution in [1.82, 2.24) is 4.98 Å². The SMILES string of the molecule is COc1cc(C(=O)Nc2nc3c(s2)CCC3)ccc1N. The molecule has 1 aliphatic rings. The molecule has 1 heterocycles. The van der Waals surface area contributed by atoms with E-state index in [1.165, 1.54) is 12.0 Å². The number of nitrogens with one attached hydrogen (secondary N) is 1. The van der Waals surface area contributed by atoms with Crippen LogP contribution in [0.5, 0.6) is 5.75 Å². The molecule has 0 aliphatic heterocycles. The average Bonchev–Trinajstić information content (AvgIpc) is 3.00. The second-order valence-corrected chi connectivity index (χ2v) is 5.74. The molecule has 104 valence electrons. The van der Waals surface area contributed by atoms with Gasteiger partial charge < -0.3 is 10.5 Å². The van der Waals surface area contributed by atoms with Crippen molar-refractivity contribution in [3.05, 3.63) is 34.3 Å². The van der Waals surface area contributed by atoms with E-state index >= 15 is 0 Å². The number of aryl methyl sites for hydroxylation is 2. The molecule has 0 saturated carbocycles. The summed E-state index contributed by atoms with van der Waals surface area (Å²) in [6, 6.07) is 4.97. The van der Waals surface area contributed by atoms with Crippen LogP contribution in [-0.4, -0.2) is 18.0 Å². The molecule has 3 rings (SSSR count). The first-order valence-corrected chi connectivity index (χ1v) is 7.22. The maximum Gasteiger partial charge on any atom is 0.257 e. The zero-order valence-electron chi connectivity index (χ0n) is 11.1. The van der Waals surface area contributed by atoms with Gasteiger partial charge in [0.1, 0.15) is 5.75 Å². The largest absolute Gasteiger partial charge is 0.495 e. The molecule has 1 aromatic heterocycles. The van der Waals surface area contributed by atoms with Crippen LogP contribution in [0.4, 0.5) is 10.8 Å². The summed E-state index contributed by atoms with van der Waals surface area (Å²) >= 11 is 1.56. The molecule has 3 N–H and O–H groups in total. The molecule has 0 radical (unpaired) electrons. The number of fused-ring (bicyclic) bond motifs is 1. The minimum atomic E-state index is -0.198. The van der Waals surface area contributed by atoms with Crippen LogP contribution in [0.15, 0.2) is 18.2 Å². The van der Waals surface area contributed by atoms with E-state index in [1.54, 1.807) is 29.5 Å². The van der Waals surface area contributed by atoms with Gasteiger partial charge in [0.15, 0.2) is 5.13 Å².